The van der Waals surface area contributed by atoms with E-state index in [1.54, 1.807) is 6.92 Å². The number of fused-ring (bicyclic) bond motifs is 1. The van der Waals surface area contributed by atoms with Gasteiger partial charge in [-0.15, -0.1) is 11.3 Å². The Morgan fingerprint density at radius 1 is 1.39 bits per heavy atom. The third kappa shape index (κ3) is 4.31. The first-order chi connectivity index (χ1) is 10.8. The molecule has 23 heavy (non-hydrogen) atoms. The Hall–Kier alpha value is -1.89. The molecule has 1 aliphatic carbocycles. The topological polar surface area (TPSA) is 109 Å². The zero-order chi connectivity index (χ0) is 17.1. The maximum Gasteiger partial charge on any atom is 0.303 e. The van der Waals surface area contributed by atoms with E-state index in [2.05, 4.69) is 12.2 Å². The molecule has 0 saturated carbocycles. The van der Waals surface area contributed by atoms with Gasteiger partial charge >= 0.3 is 5.97 Å². The van der Waals surface area contributed by atoms with E-state index in [4.69, 9.17) is 10.8 Å². The minimum Gasteiger partial charge on any atom is -0.481 e. The van der Waals surface area contributed by atoms with Crippen LogP contribution in [0.15, 0.2) is 0 Å². The molecule has 0 radical (unpaired) electrons. The van der Waals surface area contributed by atoms with Gasteiger partial charge in [0.2, 0.25) is 5.91 Å². The van der Waals surface area contributed by atoms with Crippen molar-refractivity contribution in [2.45, 2.75) is 46.0 Å². The highest BCUT2D eigenvalue weighted by atomic mass is 32.1. The van der Waals surface area contributed by atoms with Crippen LogP contribution in [0.3, 0.4) is 0 Å². The second-order valence-electron chi connectivity index (χ2n) is 6.38. The number of hydrogen-bond donors (Lipinski definition) is 3. The summed E-state index contributed by atoms with van der Waals surface area (Å²) in [6.45, 7) is 3.88. The van der Waals surface area contributed by atoms with Crippen molar-refractivity contribution in [3.8, 4) is 0 Å². The van der Waals surface area contributed by atoms with Crippen molar-refractivity contribution < 1.29 is 19.5 Å². The van der Waals surface area contributed by atoms with E-state index in [0.29, 0.717) is 16.5 Å². The van der Waals surface area contributed by atoms with Gasteiger partial charge in [-0.2, -0.15) is 0 Å². The number of aliphatic carboxylic acids is 1. The molecule has 0 saturated heterocycles. The molecule has 2 atom stereocenters. The van der Waals surface area contributed by atoms with Gasteiger partial charge in [0.1, 0.15) is 5.00 Å². The Balaban J connectivity index is 2.15. The number of hydrogen-bond acceptors (Lipinski definition) is 4. The van der Waals surface area contributed by atoms with E-state index < -0.39 is 11.9 Å². The van der Waals surface area contributed by atoms with Gasteiger partial charge in [0.25, 0.3) is 5.91 Å². The quantitative estimate of drug-likeness (QED) is 0.740. The summed E-state index contributed by atoms with van der Waals surface area (Å²) in [6, 6.07) is 0. The Labute approximate surface area is 139 Å². The minimum atomic E-state index is -0.927. The summed E-state index contributed by atoms with van der Waals surface area (Å²) in [5.74, 6) is -1.44. The van der Waals surface area contributed by atoms with Gasteiger partial charge < -0.3 is 16.2 Å². The van der Waals surface area contributed by atoms with Gasteiger partial charge in [-0.3, -0.25) is 14.4 Å². The minimum absolute atomic E-state index is 0.0610. The number of nitrogens with two attached hydrogens (primary N) is 1. The smallest absolute Gasteiger partial charge is 0.303 e. The van der Waals surface area contributed by atoms with Crippen molar-refractivity contribution in [2.24, 2.45) is 17.6 Å². The summed E-state index contributed by atoms with van der Waals surface area (Å²) in [5.41, 5.74) is 6.89. The predicted octanol–water partition coefficient (Wildman–Crippen LogP) is 2.41. The molecule has 126 valence electrons. The lowest BCUT2D eigenvalue weighted by molar-refractivity contribution is -0.138. The lowest BCUT2D eigenvalue weighted by atomic mass is 9.88. The summed E-state index contributed by atoms with van der Waals surface area (Å²) < 4.78 is 0. The number of carbonyl (C=O) groups excluding carboxylic acids is 2. The van der Waals surface area contributed by atoms with E-state index in [-0.39, 0.29) is 24.7 Å². The van der Waals surface area contributed by atoms with E-state index in [0.717, 1.165) is 29.7 Å². The van der Waals surface area contributed by atoms with Crippen LogP contribution in [0.25, 0.3) is 0 Å². The number of nitrogens with one attached hydrogen (secondary N) is 1. The normalized spacial score (nSPS) is 18.1. The van der Waals surface area contributed by atoms with Crippen molar-refractivity contribution in [3.05, 3.63) is 16.0 Å². The standard InChI is InChI=1S/C16H22N2O4S/c1-8-3-4-10-11(5-8)23-16(14(10)15(17)22)18-12(19)6-9(2)7-13(20)21/h8-9H,3-7H2,1-2H3,(H2,17,22)(H,18,19)(H,20,21)/t8-,9+/m0/s1. The lowest BCUT2D eigenvalue weighted by Crippen LogP contribution is -2.20. The van der Waals surface area contributed by atoms with Crippen LogP contribution >= 0.6 is 11.3 Å². The van der Waals surface area contributed by atoms with Crippen LogP contribution < -0.4 is 11.1 Å². The SMILES string of the molecule is C[C@@H](CC(=O)O)CC(=O)Nc1sc2c(c1C(N)=O)CC[C@H](C)C2. The van der Waals surface area contributed by atoms with Crippen molar-refractivity contribution in [3.63, 3.8) is 0 Å². The van der Waals surface area contributed by atoms with Gasteiger partial charge in [0, 0.05) is 17.7 Å². The molecule has 6 nitrogen and oxygen atoms in total. The van der Waals surface area contributed by atoms with Gasteiger partial charge in [0.15, 0.2) is 0 Å². The first kappa shape index (κ1) is 17.5. The average Bonchev–Trinajstić information content (AvgIpc) is 2.73. The fraction of sp³-hybridized carbons (Fsp3) is 0.562. The van der Waals surface area contributed by atoms with E-state index in [9.17, 15) is 14.4 Å². The third-order valence-electron chi connectivity index (χ3n) is 4.07. The van der Waals surface area contributed by atoms with Crippen LogP contribution in [-0.2, 0) is 22.4 Å². The molecule has 0 spiro atoms. The van der Waals surface area contributed by atoms with Crippen LogP contribution in [0.2, 0.25) is 0 Å². The zero-order valence-corrected chi connectivity index (χ0v) is 14.2. The molecule has 2 rings (SSSR count). The highest BCUT2D eigenvalue weighted by Gasteiger charge is 2.27. The number of anilines is 1. The van der Waals surface area contributed by atoms with Crippen molar-refractivity contribution in [1.82, 2.24) is 0 Å². The molecule has 1 heterocycles. The Morgan fingerprint density at radius 3 is 2.70 bits per heavy atom. The molecule has 0 aromatic carbocycles. The highest BCUT2D eigenvalue weighted by Crippen LogP contribution is 2.39. The van der Waals surface area contributed by atoms with Crippen molar-refractivity contribution >= 4 is 34.1 Å². The number of primary amides is 1. The maximum atomic E-state index is 12.1. The number of carboxylic acids is 1. The van der Waals surface area contributed by atoms with Crippen LogP contribution in [0, 0.1) is 11.8 Å². The third-order valence-corrected chi connectivity index (χ3v) is 5.24. The molecular formula is C16H22N2O4S. The molecule has 1 aromatic rings. The van der Waals surface area contributed by atoms with Crippen LogP contribution in [-0.4, -0.2) is 22.9 Å². The van der Waals surface area contributed by atoms with Crippen molar-refractivity contribution in [2.75, 3.05) is 5.32 Å². The van der Waals surface area contributed by atoms with Gasteiger partial charge in [-0.1, -0.05) is 13.8 Å². The Bertz CT molecular complexity index is 638. The van der Waals surface area contributed by atoms with E-state index in [1.165, 1.54) is 11.3 Å². The fourth-order valence-corrected chi connectivity index (χ4v) is 4.40. The van der Waals surface area contributed by atoms with Gasteiger partial charge in [0.05, 0.1) is 5.56 Å². The Morgan fingerprint density at radius 2 is 2.09 bits per heavy atom. The molecule has 1 aliphatic rings. The van der Waals surface area contributed by atoms with Crippen LogP contribution in [0.4, 0.5) is 5.00 Å². The molecule has 4 N–H and O–H groups in total. The number of amides is 2. The number of rotatable bonds is 6. The first-order valence-corrected chi connectivity index (χ1v) is 8.55. The molecule has 1 aromatic heterocycles. The molecule has 0 bridgehead atoms. The number of carboxylic acid groups (broad SMARTS) is 1. The second kappa shape index (κ2) is 7.12. The zero-order valence-electron chi connectivity index (χ0n) is 13.3. The Kier molecular flexibility index (Phi) is 5.41. The van der Waals surface area contributed by atoms with Crippen LogP contribution in [0.1, 0.15) is 53.9 Å². The maximum absolute atomic E-state index is 12.1. The molecule has 0 unspecified atom stereocenters. The summed E-state index contributed by atoms with van der Waals surface area (Å²) in [7, 11) is 0. The van der Waals surface area contributed by atoms with Gasteiger partial charge in [-0.25, -0.2) is 0 Å². The molecule has 0 fully saturated rings. The molecule has 7 heteroatoms. The largest absolute Gasteiger partial charge is 0.481 e. The molecule has 2 amide bonds. The number of thiophene rings is 1. The van der Waals surface area contributed by atoms with E-state index in [1.807, 2.05) is 0 Å². The monoisotopic (exact) mass is 338 g/mol. The summed E-state index contributed by atoms with van der Waals surface area (Å²) in [6.07, 6.45) is 2.74. The lowest BCUT2D eigenvalue weighted by Gasteiger charge is -2.18. The van der Waals surface area contributed by atoms with Crippen LogP contribution in [0.5, 0.6) is 0 Å². The summed E-state index contributed by atoms with van der Waals surface area (Å²) in [5, 5.41) is 12.0. The summed E-state index contributed by atoms with van der Waals surface area (Å²) >= 11 is 1.41. The van der Waals surface area contributed by atoms with E-state index >= 15 is 0 Å². The summed E-state index contributed by atoms with van der Waals surface area (Å²) in [4.78, 5) is 35.7. The van der Waals surface area contributed by atoms with Crippen molar-refractivity contribution in [1.29, 1.82) is 0 Å². The molecular weight excluding hydrogens is 316 g/mol. The second-order valence-corrected chi connectivity index (χ2v) is 7.48. The molecule has 0 aliphatic heterocycles. The highest BCUT2D eigenvalue weighted by molar-refractivity contribution is 7.17. The number of carbonyl (C=O) groups is 3. The average molecular weight is 338 g/mol. The predicted molar refractivity (Wildman–Crippen MR) is 88.7 cm³/mol. The fourth-order valence-electron chi connectivity index (χ4n) is 2.96. The van der Waals surface area contributed by atoms with Gasteiger partial charge in [-0.05, 0) is 36.7 Å². The first-order valence-electron chi connectivity index (χ1n) is 7.73.